The van der Waals surface area contributed by atoms with Gasteiger partial charge in [-0.15, -0.1) is 0 Å². The van der Waals surface area contributed by atoms with E-state index in [4.69, 9.17) is 27.9 Å². The first-order valence-corrected chi connectivity index (χ1v) is 7.22. The van der Waals surface area contributed by atoms with Crippen molar-refractivity contribution in [2.24, 2.45) is 0 Å². The maximum absolute atomic E-state index is 12.0. The highest BCUT2D eigenvalue weighted by Gasteiger charge is 2.08. The predicted octanol–water partition coefficient (Wildman–Crippen LogP) is 4.57. The fraction of sp³-hybridized carbons (Fsp3) is 0.188. The van der Waals surface area contributed by atoms with Crippen molar-refractivity contribution in [1.29, 1.82) is 0 Å². The van der Waals surface area contributed by atoms with Crippen molar-refractivity contribution in [2.75, 3.05) is 12.4 Å². The Morgan fingerprint density at radius 1 is 1.14 bits per heavy atom. The molecule has 2 aromatic carbocycles. The van der Waals surface area contributed by atoms with E-state index in [1.807, 2.05) is 18.2 Å². The van der Waals surface area contributed by atoms with Gasteiger partial charge >= 0.3 is 0 Å². The minimum absolute atomic E-state index is 0.0782. The summed E-state index contributed by atoms with van der Waals surface area (Å²) in [5.74, 6) is 0.561. The number of hydrogen-bond donors (Lipinski definition) is 1. The van der Waals surface area contributed by atoms with Crippen molar-refractivity contribution in [2.45, 2.75) is 12.8 Å². The van der Waals surface area contributed by atoms with Crippen LogP contribution < -0.4 is 10.1 Å². The van der Waals surface area contributed by atoms with Crippen molar-refractivity contribution in [1.82, 2.24) is 0 Å². The number of anilines is 1. The van der Waals surface area contributed by atoms with Gasteiger partial charge < -0.3 is 10.1 Å². The van der Waals surface area contributed by atoms with E-state index in [1.165, 1.54) is 0 Å². The molecule has 0 atom stereocenters. The van der Waals surface area contributed by atoms with Crippen molar-refractivity contribution in [3.05, 3.63) is 58.1 Å². The van der Waals surface area contributed by atoms with Crippen LogP contribution in [0.15, 0.2) is 42.5 Å². The van der Waals surface area contributed by atoms with Gasteiger partial charge in [-0.2, -0.15) is 0 Å². The Kier molecular flexibility index (Phi) is 5.48. The summed E-state index contributed by atoms with van der Waals surface area (Å²) in [4.78, 5) is 12.0. The molecule has 0 spiro atoms. The molecule has 3 nitrogen and oxygen atoms in total. The van der Waals surface area contributed by atoms with E-state index < -0.39 is 0 Å². The standard InChI is InChI=1S/C16H15Cl2NO2/c1-21-15-5-3-2-4-14(15)19-16(20)9-7-11-6-8-12(17)13(18)10-11/h2-6,8,10H,7,9H2,1H3,(H,19,20). The summed E-state index contributed by atoms with van der Waals surface area (Å²) in [6.07, 6.45) is 0.952. The number of rotatable bonds is 5. The molecule has 0 aliphatic rings. The van der Waals surface area contributed by atoms with Crippen LogP contribution in [0.3, 0.4) is 0 Å². The number of carbonyl (C=O) groups excluding carboxylic acids is 1. The van der Waals surface area contributed by atoms with Gasteiger partial charge in [0.1, 0.15) is 5.75 Å². The number of carbonyl (C=O) groups is 1. The smallest absolute Gasteiger partial charge is 0.224 e. The lowest BCUT2D eigenvalue weighted by atomic mass is 10.1. The van der Waals surface area contributed by atoms with E-state index in [0.29, 0.717) is 34.3 Å². The van der Waals surface area contributed by atoms with Crippen LogP contribution in [-0.2, 0) is 11.2 Å². The summed E-state index contributed by atoms with van der Waals surface area (Å²) in [5.41, 5.74) is 1.64. The minimum atomic E-state index is -0.0782. The average molecular weight is 324 g/mol. The molecule has 0 radical (unpaired) electrons. The number of para-hydroxylation sites is 2. The van der Waals surface area contributed by atoms with Gasteiger partial charge in [0.15, 0.2) is 0 Å². The maximum Gasteiger partial charge on any atom is 0.224 e. The van der Waals surface area contributed by atoms with Crippen LogP contribution in [-0.4, -0.2) is 13.0 Å². The van der Waals surface area contributed by atoms with E-state index in [1.54, 1.807) is 31.4 Å². The molecular formula is C16H15Cl2NO2. The molecule has 0 saturated carbocycles. The molecule has 0 aliphatic heterocycles. The Morgan fingerprint density at radius 2 is 1.90 bits per heavy atom. The van der Waals surface area contributed by atoms with E-state index in [9.17, 15) is 4.79 Å². The summed E-state index contributed by atoms with van der Waals surface area (Å²) < 4.78 is 5.19. The fourth-order valence-electron chi connectivity index (χ4n) is 1.91. The van der Waals surface area contributed by atoms with E-state index in [-0.39, 0.29) is 5.91 Å². The van der Waals surface area contributed by atoms with Crippen molar-refractivity contribution in [3.63, 3.8) is 0 Å². The van der Waals surface area contributed by atoms with Crippen molar-refractivity contribution < 1.29 is 9.53 Å². The lowest BCUT2D eigenvalue weighted by molar-refractivity contribution is -0.116. The number of halogens is 2. The Balaban J connectivity index is 1.94. The van der Waals surface area contributed by atoms with Gasteiger partial charge in [0.2, 0.25) is 5.91 Å². The van der Waals surface area contributed by atoms with Crippen LogP contribution in [0.5, 0.6) is 5.75 Å². The normalized spacial score (nSPS) is 10.2. The second-order valence-corrected chi connectivity index (χ2v) is 5.31. The average Bonchev–Trinajstić information content (AvgIpc) is 2.49. The maximum atomic E-state index is 12.0. The molecule has 0 fully saturated rings. The van der Waals surface area contributed by atoms with E-state index in [0.717, 1.165) is 5.56 Å². The van der Waals surface area contributed by atoms with Crippen LogP contribution in [0.25, 0.3) is 0 Å². The molecule has 1 N–H and O–H groups in total. The summed E-state index contributed by atoms with van der Waals surface area (Å²) in [6.45, 7) is 0. The molecular weight excluding hydrogens is 309 g/mol. The molecule has 0 unspecified atom stereocenters. The molecule has 5 heteroatoms. The van der Waals surface area contributed by atoms with Gasteiger partial charge in [0.25, 0.3) is 0 Å². The first-order valence-electron chi connectivity index (χ1n) is 6.47. The van der Waals surface area contributed by atoms with Gasteiger partial charge in [-0.3, -0.25) is 4.79 Å². The zero-order chi connectivity index (χ0) is 15.2. The van der Waals surface area contributed by atoms with Gasteiger partial charge in [-0.1, -0.05) is 41.4 Å². The molecule has 0 saturated heterocycles. The molecule has 21 heavy (non-hydrogen) atoms. The van der Waals surface area contributed by atoms with Crippen molar-refractivity contribution >= 4 is 34.8 Å². The third kappa shape index (κ3) is 4.38. The zero-order valence-electron chi connectivity index (χ0n) is 11.5. The van der Waals surface area contributed by atoms with Crippen LogP contribution >= 0.6 is 23.2 Å². The minimum Gasteiger partial charge on any atom is -0.495 e. The molecule has 0 aromatic heterocycles. The van der Waals surface area contributed by atoms with Crippen LogP contribution in [0.1, 0.15) is 12.0 Å². The van der Waals surface area contributed by atoms with Gasteiger partial charge in [0.05, 0.1) is 22.8 Å². The molecule has 2 rings (SSSR count). The molecule has 0 heterocycles. The lowest BCUT2D eigenvalue weighted by Crippen LogP contribution is -2.13. The Bertz CT molecular complexity index is 644. The Morgan fingerprint density at radius 3 is 2.62 bits per heavy atom. The third-order valence-corrected chi connectivity index (χ3v) is 3.74. The molecule has 2 aromatic rings. The Hall–Kier alpha value is -1.71. The Labute approximate surface area is 133 Å². The number of benzene rings is 2. The topological polar surface area (TPSA) is 38.3 Å². The molecule has 110 valence electrons. The van der Waals surface area contributed by atoms with Gasteiger partial charge in [-0.25, -0.2) is 0 Å². The summed E-state index contributed by atoms with van der Waals surface area (Å²) in [5, 5.41) is 3.85. The second-order valence-electron chi connectivity index (χ2n) is 4.50. The quantitative estimate of drug-likeness (QED) is 0.875. The first kappa shape index (κ1) is 15.7. The van der Waals surface area contributed by atoms with Crippen LogP contribution in [0.4, 0.5) is 5.69 Å². The number of nitrogens with one attached hydrogen (secondary N) is 1. The monoisotopic (exact) mass is 323 g/mol. The molecule has 0 aliphatic carbocycles. The summed E-state index contributed by atoms with van der Waals surface area (Å²) in [7, 11) is 1.57. The van der Waals surface area contributed by atoms with E-state index >= 15 is 0 Å². The SMILES string of the molecule is COc1ccccc1NC(=O)CCc1ccc(Cl)c(Cl)c1. The lowest BCUT2D eigenvalue weighted by Gasteiger charge is -2.10. The molecule has 0 bridgehead atoms. The zero-order valence-corrected chi connectivity index (χ0v) is 13.0. The number of methoxy groups -OCH3 is 1. The summed E-state index contributed by atoms with van der Waals surface area (Å²) in [6, 6.07) is 12.7. The number of hydrogen-bond acceptors (Lipinski definition) is 2. The van der Waals surface area contributed by atoms with E-state index in [2.05, 4.69) is 5.32 Å². The fourth-order valence-corrected chi connectivity index (χ4v) is 2.23. The highest BCUT2D eigenvalue weighted by Crippen LogP contribution is 2.24. The summed E-state index contributed by atoms with van der Waals surface area (Å²) >= 11 is 11.8. The number of ether oxygens (including phenoxy) is 1. The van der Waals surface area contributed by atoms with Crippen molar-refractivity contribution in [3.8, 4) is 5.75 Å². The second kappa shape index (κ2) is 7.34. The first-order chi connectivity index (χ1) is 10.1. The molecule has 1 amide bonds. The number of amides is 1. The van der Waals surface area contributed by atoms with Gasteiger partial charge in [-0.05, 0) is 36.2 Å². The number of aryl methyl sites for hydroxylation is 1. The predicted molar refractivity (Wildman–Crippen MR) is 86.4 cm³/mol. The highest BCUT2D eigenvalue weighted by atomic mass is 35.5. The van der Waals surface area contributed by atoms with Crippen LogP contribution in [0, 0.1) is 0 Å². The third-order valence-electron chi connectivity index (χ3n) is 3.01. The largest absolute Gasteiger partial charge is 0.495 e. The van der Waals surface area contributed by atoms with Crippen LogP contribution in [0.2, 0.25) is 10.0 Å². The van der Waals surface area contributed by atoms with Gasteiger partial charge in [0, 0.05) is 6.42 Å². The highest BCUT2D eigenvalue weighted by molar-refractivity contribution is 6.42.